The Labute approximate surface area is 170 Å². The minimum atomic E-state index is 0.0628. The molecule has 2 aromatic carbocycles. The van der Waals surface area contributed by atoms with Crippen molar-refractivity contribution in [3.05, 3.63) is 63.7 Å². The fourth-order valence-corrected chi connectivity index (χ4v) is 4.31. The Kier molecular flexibility index (Phi) is 4.79. The lowest BCUT2D eigenvalue weighted by molar-refractivity contribution is 0.568. The summed E-state index contributed by atoms with van der Waals surface area (Å²) in [7, 11) is 2.13. The van der Waals surface area contributed by atoms with Crippen LogP contribution in [-0.4, -0.2) is 12.0 Å². The number of nitrogens with zero attached hydrogens (tertiary/aromatic N) is 1. The zero-order chi connectivity index (χ0) is 20.3. The summed E-state index contributed by atoms with van der Waals surface area (Å²) in [4.78, 5) is 3.25. The van der Waals surface area contributed by atoms with E-state index >= 15 is 0 Å². The van der Waals surface area contributed by atoms with Crippen LogP contribution in [0.4, 0.5) is 5.69 Å². The first-order valence-corrected chi connectivity index (χ1v) is 10.3. The molecule has 144 valence electrons. The van der Waals surface area contributed by atoms with Crippen molar-refractivity contribution < 1.29 is 0 Å². The molecule has 0 aliphatic carbocycles. The lowest BCUT2D eigenvalue weighted by Crippen LogP contribution is -2.25. The van der Waals surface area contributed by atoms with Crippen LogP contribution in [0.1, 0.15) is 80.8 Å². The van der Waals surface area contributed by atoms with Crippen LogP contribution in [0.25, 0.3) is 0 Å². The van der Waals surface area contributed by atoms with Crippen molar-refractivity contribution >= 4 is 22.9 Å². The molecule has 1 heterocycles. The maximum atomic E-state index is 5.97. The summed E-state index contributed by atoms with van der Waals surface area (Å²) >= 11 is 5.97. The van der Waals surface area contributed by atoms with Crippen molar-refractivity contribution in [2.45, 2.75) is 72.1 Å². The van der Waals surface area contributed by atoms with Crippen LogP contribution < -0.4 is 4.90 Å². The van der Waals surface area contributed by atoms with E-state index in [0.29, 0.717) is 0 Å². The molecule has 0 aromatic heterocycles. The second kappa shape index (κ2) is 6.44. The first-order chi connectivity index (χ1) is 12.3. The van der Waals surface area contributed by atoms with E-state index in [-0.39, 0.29) is 16.7 Å². The number of anilines is 1. The smallest absolute Gasteiger partial charge is 0.0942 e. The summed E-state index contributed by atoms with van der Waals surface area (Å²) in [6.07, 6.45) is 0. The molecule has 1 aliphatic rings. The van der Waals surface area contributed by atoms with Gasteiger partial charge in [-0.15, -0.1) is 0 Å². The first-order valence-electron chi connectivity index (χ1n) is 9.86. The Morgan fingerprint density at radius 2 is 1.48 bits per heavy atom. The zero-order valence-corrected chi connectivity index (χ0v) is 19.1. The van der Waals surface area contributed by atoms with E-state index in [1.54, 1.807) is 0 Å². The van der Waals surface area contributed by atoms with E-state index in [2.05, 4.69) is 97.7 Å². The summed E-state index contributed by atoms with van der Waals surface area (Å²) in [5, 5.41) is 0. The van der Waals surface area contributed by atoms with Crippen molar-refractivity contribution in [3.8, 4) is 0 Å². The summed E-state index contributed by atoms with van der Waals surface area (Å²) in [5.41, 5.74) is 9.58. The van der Waals surface area contributed by atoms with Gasteiger partial charge in [-0.05, 0) is 58.1 Å². The van der Waals surface area contributed by atoms with Crippen molar-refractivity contribution in [1.82, 2.24) is 0 Å². The standard InChI is InChI=1S/C25H33NS/c1-15-10-11-17(12-16(15)2)21-19-13-18(24(3,4)5)14-20(25(6,7)8)22(19)26(9)23(21)27/h10-14,21H,1-9H3. The number of benzene rings is 2. The number of aryl methyl sites for hydroxylation is 2. The van der Waals surface area contributed by atoms with Crippen LogP contribution in [0.5, 0.6) is 0 Å². The number of rotatable bonds is 1. The van der Waals surface area contributed by atoms with Crippen molar-refractivity contribution in [3.63, 3.8) is 0 Å². The molecule has 0 radical (unpaired) electrons. The molecule has 27 heavy (non-hydrogen) atoms. The van der Waals surface area contributed by atoms with Gasteiger partial charge in [-0.1, -0.05) is 84.1 Å². The average Bonchev–Trinajstić information content (AvgIpc) is 2.79. The summed E-state index contributed by atoms with van der Waals surface area (Å²) < 4.78 is 0. The van der Waals surface area contributed by atoms with Crippen molar-refractivity contribution in [1.29, 1.82) is 0 Å². The molecule has 2 heteroatoms. The van der Waals surface area contributed by atoms with E-state index in [1.807, 2.05) is 0 Å². The van der Waals surface area contributed by atoms with Gasteiger partial charge in [0.05, 0.1) is 10.9 Å². The minimum Gasteiger partial charge on any atom is -0.338 e. The van der Waals surface area contributed by atoms with E-state index in [9.17, 15) is 0 Å². The molecular formula is C25H33NS. The molecule has 2 aromatic rings. The number of fused-ring (bicyclic) bond motifs is 1. The second-order valence-electron chi connectivity index (χ2n) is 10.1. The number of hydrogen-bond acceptors (Lipinski definition) is 1. The van der Waals surface area contributed by atoms with Gasteiger partial charge >= 0.3 is 0 Å². The van der Waals surface area contributed by atoms with Crippen LogP contribution in [0, 0.1) is 13.8 Å². The molecule has 0 saturated carbocycles. The predicted octanol–water partition coefficient (Wildman–Crippen LogP) is 6.81. The largest absolute Gasteiger partial charge is 0.338 e. The molecular weight excluding hydrogens is 346 g/mol. The Bertz CT molecular complexity index is 909. The van der Waals surface area contributed by atoms with Crippen molar-refractivity contribution in [2.24, 2.45) is 0 Å². The fourth-order valence-electron chi connectivity index (χ4n) is 3.96. The molecule has 0 spiro atoms. The van der Waals surface area contributed by atoms with Gasteiger partial charge < -0.3 is 4.90 Å². The van der Waals surface area contributed by atoms with Gasteiger partial charge in [-0.3, -0.25) is 0 Å². The molecule has 1 aliphatic heterocycles. The highest BCUT2D eigenvalue weighted by atomic mass is 32.1. The molecule has 1 atom stereocenters. The predicted molar refractivity (Wildman–Crippen MR) is 123 cm³/mol. The van der Waals surface area contributed by atoms with Crippen molar-refractivity contribution in [2.75, 3.05) is 11.9 Å². The van der Waals surface area contributed by atoms with Crippen LogP contribution >= 0.6 is 12.2 Å². The Balaban J connectivity index is 2.32. The highest BCUT2D eigenvalue weighted by Gasteiger charge is 2.38. The number of likely N-dealkylation sites (N-methyl/N-ethyl adjacent to an activating group) is 1. The lowest BCUT2D eigenvalue weighted by atomic mass is 9.77. The zero-order valence-electron chi connectivity index (χ0n) is 18.3. The van der Waals surface area contributed by atoms with E-state index < -0.39 is 0 Å². The first kappa shape index (κ1) is 20.1. The van der Waals surface area contributed by atoms with Gasteiger partial charge in [-0.25, -0.2) is 0 Å². The summed E-state index contributed by atoms with van der Waals surface area (Å²) in [5.74, 6) is 0.155. The third-order valence-electron chi connectivity index (χ3n) is 5.90. The quantitative estimate of drug-likeness (QED) is 0.501. The molecule has 0 N–H and O–H groups in total. The highest BCUT2D eigenvalue weighted by Crippen LogP contribution is 2.48. The van der Waals surface area contributed by atoms with Gasteiger partial charge in [-0.2, -0.15) is 0 Å². The third-order valence-corrected chi connectivity index (χ3v) is 6.41. The van der Waals surface area contributed by atoms with E-state index in [4.69, 9.17) is 12.2 Å². The lowest BCUT2D eigenvalue weighted by Gasteiger charge is -2.29. The molecule has 0 saturated heterocycles. The molecule has 0 bridgehead atoms. The maximum absolute atomic E-state index is 5.97. The third kappa shape index (κ3) is 3.45. The van der Waals surface area contributed by atoms with Gasteiger partial charge in [0.1, 0.15) is 0 Å². The van der Waals surface area contributed by atoms with Crippen LogP contribution in [0.2, 0.25) is 0 Å². The van der Waals surface area contributed by atoms with Crippen LogP contribution in [-0.2, 0) is 10.8 Å². The van der Waals surface area contributed by atoms with Gasteiger partial charge in [0, 0.05) is 12.7 Å². The van der Waals surface area contributed by atoms with Gasteiger partial charge in [0.25, 0.3) is 0 Å². The second-order valence-corrected chi connectivity index (χ2v) is 10.6. The van der Waals surface area contributed by atoms with E-state index in [0.717, 1.165) is 4.99 Å². The minimum absolute atomic E-state index is 0.0628. The highest BCUT2D eigenvalue weighted by molar-refractivity contribution is 7.80. The topological polar surface area (TPSA) is 3.24 Å². The van der Waals surface area contributed by atoms with Crippen LogP contribution in [0.3, 0.4) is 0 Å². The Hall–Kier alpha value is -1.67. The monoisotopic (exact) mass is 379 g/mol. The fraction of sp³-hybridized carbons (Fsp3) is 0.480. The molecule has 1 nitrogen and oxygen atoms in total. The normalized spacial score (nSPS) is 17.4. The number of thiocarbonyl (C=S) groups is 1. The molecule has 3 rings (SSSR count). The summed E-state index contributed by atoms with van der Waals surface area (Å²) in [6, 6.07) is 11.6. The average molecular weight is 380 g/mol. The molecule has 1 unspecified atom stereocenters. The van der Waals surface area contributed by atoms with Gasteiger partial charge in [0.15, 0.2) is 0 Å². The van der Waals surface area contributed by atoms with Gasteiger partial charge in [0.2, 0.25) is 0 Å². The molecule has 0 fully saturated rings. The maximum Gasteiger partial charge on any atom is 0.0942 e. The van der Waals surface area contributed by atoms with Crippen LogP contribution in [0.15, 0.2) is 30.3 Å². The number of hydrogen-bond donors (Lipinski definition) is 0. The van der Waals surface area contributed by atoms with E-state index in [1.165, 1.54) is 39.1 Å². The SMILES string of the molecule is Cc1ccc(C2C(=S)N(C)c3c2cc(C(C)(C)C)cc3C(C)(C)C)cc1C. The Morgan fingerprint density at radius 3 is 2.00 bits per heavy atom. The summed E-state index contributed by atoms with van der Waals surface area (Å²) in [6.45, 7) is 18.1. The Morgan fingerprint density at radius 1 is 0.852 bits per heavy atom. The molecule has 0 amide bonds.